The molecule has 0 saturated heterocycles. The molecule has 0 aliphatic carbocycles. The lowest BCUT2D eigenvalue weighted by molar-refractivity contribution is 0.401. The fourth-order valence-corrected chi connectivity index (χ4v) is 4.83. The van der Waals surface area contributed by atoms with Crippen molar-refractivity contribution >= 4 is 33.2 Å². The Kier molecular flexibility index (Phi) is 6.56. The predicted molar refractivity (Wildman–Crippen MR) is 110 cm³/mol. The molecule has 0 N–H and O–H groups in total. The van der Waals surface area contributed by atoms with Gasteiger partial charge in [-0.15, -0.1) is 0 Å². The standard InChI is InChI=1S/C21H15Cl2FN2O2S/c22-18-8-17(9-19(23)11-18)14-26(13-15-4-6-20(24)7-5-15)29(27,28)21-3-1-2-16(10-21)12-25/h1-11H,13-14H2. The van der Waals surface area contributed by atoms with Gasteiger partial charge < -0.3 is 0 Å². The molecule has 0 amide bonds. The van der Waals surface area contributed by atoms with Gasteiger partial charge >= 0.3 is 0 Å². The zero-order valence-electron chi connectivity index (χ0n) is 15.0. The minimum atomic E-state index is -3.96. The minimum Gasteiger partial charge on any atom is -0.207 e. The van der Waals surface area contributed by atoms with Gasteiger partial charge in [-0.1, -0.05) is 41.4 Å². The quantitative estimate of drug-likeness (QED) is 0.507. The molecule has 3 rings (SSSR count). The highest BCUT2D eigenvalue weighted by Gasteiger charge is 2.25. The van der Waals surface area contributed by atoms with E-state index in [1.807, 2.05) is 6.07 Å². The van der Waals surface area contributed by atoms with Crippen LogP contribution in [0, 0.1) is 17.1 Å². The molecule has 0 saturated carbocycles. The van der Waals surface area contributed by atoms with E-state index in [1.54, 1.807) is 18.2 Å². The second-order valence-electron chi connectivity index (χ2n) is 6.32. The second-order valence-corrected chi connectivity index (χ2v) is 9.13. The Balaban J connectivity index is 2.02. The number of halogens is 3. The molecule has 3 aromatic rings. The van der Waals surface area contributed by atoms with Crippen LogP contribution in [-0.4, -0.2) is 12.7 Å². The van der Waals surface area contributed by atoms with Crippen LogP contribution in [0.15, 0.2) is 71.6 Å². The average Bonchev–Trinajstić information content (AvgIpc) is 2.68. The van der Waals surface area contributed by atoms with Gasteiger partial charge in [0.25, 0.3) is 0 Å². The van der Waals surface area contributed by atoms with Gasteiger partial charge in [-0.25, -0.2) is 12.8 Å². The summed E-state index contributed by atoms with van der Waals surface area (Å²) >= 11 is 12.1. The van der Waals surface area contributed by atoms with Crippen LogP contribution in [0.1, 0.15) is 16.7 Å². The summed E-state index contributed by atoms with van der Waals surface area (Å²) in [6, 6.07) is 18.1. The van der Waals surface area contributed by atoms with E-state index in [2.05, 4.69) is 0 Å². The Bertz CT molecular complexity index is 1160. The first-order valence-electron chi connectivity index (χ1n) is 8.47. The van der Waals surface area contributed by atoms with Crippen LogP contribution in [0.2, 0.25) is 10.0 Å². The summed E-state index contributed by atoms with van der Waals surface area (Å²) in [7, 11) is -3.96. The van der Waals surface area contributed by atoms with E-state index < -0.39 is 15.8 Å². The monoisotopic (exact) mass is 448 g/mol. The Morgan fingerprint density at radius 2 is 1.52 bits per heavy atom. The Labute approximate surface area is 178 Å². The lowest BCUT2D eigenvalue weighted by atomic mass is 10.2. The number of hydrogen-bond donors (Lipinski definition) is 0. The largest absolute Gasteiger partial charge is 0.243 e. The van der Waals surface area contributed by atoms with Crippen molar-refractivity contribution in [3.63, 3.8) is 0 Å². The van der Waals surface area contributed by atoms with Crippen molar-refractivity contribution in [2.24, 2.45) is 0 Å². The normalized spacial score (nSPS) is 11.4. The predicted octanol–water partition coefficient (Wildman–Crippen LogP) is 5.40. The molecule has 8 heteroatoms. The fourth-order valence-electron chi connectivity index (χ4n) is 2.80. The molecule has 0 unspecified atom stereocenters. The summed E-state index contributed by atoms with van der Waals surface area (Å²) < 4.78 is 41.1. The van der Waals surface area contributed by atoms with Crippen molar-refractivity contribution in [3.05, 3.63) is 99.3 Å². The molecule has 3 aromatic carbocycles. The molecule has 148 valence electrons. The summed E-state index contributed by atoms with van der Waals surface area (Å²) in [5.41, 5.74) is 1.45. The average molecular weight is 449 g/mol. The fraction of sp³-hybridized carbons (Fsp3) is 0.0952. The number of nitrogens with zero attached hydrogens (tertiary/aromatic N) is 2. The molecule has 0 atom stereocenters. The van der Waals surface area contributed by atoms with Crippen LogP contribution >= 0.6 is 23.2 Å². The van der Waals surface area contributed by atoms with Crippen molar-refractivity contribution in [2.75, 3.05) is 0 Å². The third-order valence-corrected chi connectivity index (χ3v) is 6.38. The highest BCUT2D eigenvalue weighted by molar-refractivity contribution is 7.89. The molecule has 0 spiro atoms. The third-order valence-electron chi connectivity index (χ3n) is 4.15. The summed E-state index contributed by atoms with van der Waals surface area (Å²) in [5.74, 6) is -0.411. The van der Waals surface area contributed by atoms with Gasteiger partial charge in [0.2, 0.25) is 10.0 Å². The van der Waals surface area contributed by atoms with Gasteiger partial charge in [0.05, 0.1) is 16.5 Å². The molecule has 0 bridgehead atoms. The van der Waals surface area contributed by atoms with Crippen molar-refractivity contribution in [1.82, 2.24) is 4.31 Å². The van der Waals surface area contributed by atoms with Gasteiger partial charge in [-0.05, 0) is 59.7 Å². The summed E-state index contributed by atoms with van der Waals surface area (Å²) in [6.45, 7) is 0.000295. The zero-order chi connectivity index (χ0) is 21.0. The molecule has 0 heterocycles. The first-order valence-corrected chi connectivity index (χ1v) is 10.7. The van der Waals surface area contributed by atoms with E-state index in [-0.39, 0.29) is 23.5 Å². The van der Waals surface area contributed by atoms with Gasteiger partial charge in [-0.2, -0.15) is 9.57 Å². The van der Waals surface area contributed by atoms with E-state index >= 15 is 0 Å². The second kappa shape index (κ2) is 8.93. The van der Waals surface area contributed by atoms with E-state index in [1.165, 1.54) is 52.8 Å². The Hall–Kier alpha value is -2.43. The summed E-state index contributed by atoms with van der Waals surface area (Å²) in [6.07, 6.45) is 0. The van der Waals surface area contributed by atoms with Gasteiger partial charge in [-0.3, -0.25) is 0 Å². The smallest absolute Gasteiger partial charge is 0.207 e. The van der Waals surface area contributed by atoms with Crippen molar-refractivity contribution in [1.29, 1.82) is 5.26 Å². The molecule has 0 aliphatic heterocycles. The van der Waals surface area contributed by atoms with Crippen LogP contribution in [-0.2, 0) is 23.1 Å². The molecule has 4 nitrogen and oxygen atoms in total. The molecule has 0 radical (unpaired) electrons. The van der Waals surface area contributed by atoms with Crippen LogP contribution in [0.4, 0.5) is 4.39 Å². The lowest BCUT2D eigenvalue weighted by Gasteiger charge is -2.23. The van der Waals surface area contributed by atoms with Crippen molar-refractivity contribution < 1.29 is 12.8 Å². The van der Waals surface area contributed by atoms with Gasteiger partial charge in [0, 0.05) is 23.1 Å². The molecular formula is C21H15Cl2FN2O2S. The van der Waals surface area contributed by atoms with Crippen molar-refractivity contribution in [2.45, 2.75) is 18.0 Å². The van der Waals surface area contributed by atoms with E-state index in [4.69, 9.17) is 28.5 Å². The molecule has 0 aliphatic rings. The molecule has 0 aromatic heterocycles. The number of hydrogen-bond acceptors (Lipinski definition) is 3. The maximum atomic E-state index is 13.3. The van der Waals surface area contributed by atoms with Crippen LogP contribution in [0.3, 0.4) is 0 Å². The van der Waals surface area contributed by atoms with Crippen molar-refractivity contribution in [3.8, 4) is 6.07 Å². The first-order chi connectivity index (χ1) is 13.8. The number of sulfonamides is 1. The molecule has 29 heavy (non-hydrogen) atoms. The summed E-state index contributed by atoms with van der Waals surface area (Å²) in [5, 5.41) is 9.87. The van der Waals surface area contributed by atoms with E-state index in [0.29, 0.717) is 21.2 Å². The number of rotatable bonds is 6. The summed E-state index contributed by atoms with van der Waals surface area (Å²) in [4.78, 5) is -0.00760. The zero-order valence-corrected chi connectivity index (χ0v) is 17.3. The maximum Gasteiger partial charge on any atom is 0.243 e. The highest BCUT2D eigenvalue weighted by Crippen LogP contribution is 2.25. The first kappa shape index (κ1) is 21.3. The minimum absolute atomic E-state index is 0.00320. The third kappa shape index (κ3) is 5.34. The van der Waals surface area contributed by atoms with Crippen LogP contribution in [0.25, 0.3) is 0 Å². The number of benzene rings is 3. The Morgan fingerprint density at radius 1 is 0.897 bits per heavy atom. The Morgan fingerprint density at radius 3 is 2.14 bits per heavy atom. The van der Waals surface area contributed by atoms with E-state index in [0.717, 1.165) is 0 Å². The molecule has 0 fully saturated rings. The topological polar surface area (TPSA) is 61.2 Å². The van der Waals surface area contributed by atoms with Crippen LogP contribution in [0.5, 0.6) is 0 Å². The van der Waals surface area contributed by atoms with Gasteiger partial charge in [0.15, 0.2) is 0 Å². The van der Waals surface area contributed by atoms with Crippen LogP contribution < -0.4 is 0 Å². The maximum absolute atomic E-state index is 13.3. The lowest BCUT2D eigenvalue weighted by Crippen LogP contribution is -2.30. The molecular weight excluding hydrogens is 434 g/mol. The van der Waals surface area contributed by atoms with Gasteiger partial charge in [0.1, 0.15) is 5.82 Å². The SMILES string of the molecule is N#Cc1cccc(S(=O)(=O)N(Cc2ccc(F)cc2)Cc2cc(Cl)cc(Cl)c2)c1. The highest BCUT2D eigenvalue weighted by atomic mass is 35.5. The number of nitriles is 1. The van der Waals surface area contributed by atoms with E-state index in [9.17, 15) is 12.8 Å².